The van der Waals surface area contributed by atoms with Gasteiger partial charge in [0.25, 0.3) is 0 Å². The van der Waals surface area contributed by atoms with Crippen molar-refractivity contribution in [1.82, 2.24) is 9.88 Å². The van der Waals surface area contributed by atoms with E-state index in [1.165, 1.54) is 4.88 Å². The van der Waals surface area contributed by atoms with Gasteiger partial charge in [0, 0.05) is 30.2 Å². The highest BCUT2D eigenvalue weighted by molar-refractivity contribution is 7.10. The molecule has 2 aromatic heterocycles. The molecule has 0 aromatic carbocycles. The van der Waals surface area contributed by atoms with Crippen LogP contribution in [0.2, 0.25) is 0 Å². The van der Waals surface area contributed by atoms with E-state index in [-0.39, 0.29) is 6.04 Å². The van der Waals surface area contributed by atoms with Crippen molar-refractivity contribution in [3.05, 3.63) is 45.4 Å². The number of nitriles is 1. The number of pyridine rings is 1. The Hall–Kier alpha value is -1.94. The van der Waals surface area contributed by atoms with Gasteiger partial charge in [0.05, 0.1) is 36.2 Å². The second-order valence-electron chi connectivity index (χ2n) is 5.94. The van der Waals surface area contributed by atoms with Crippen LogP contribution in [0.25, 0.3) is 0 Å². The predicted octanol–water partition coefficient (Wildman–Crippen LogP) is 3.12. The Labute approximate surface area is 146 Å². The van der Waals surface area contributed by atoms with E-state index in [0.29, 0.717) is 5.56 Å². The minimum Gasteiger partial charge on any atom is -0.382 e. The number of hydrogen-bond donors (Lipinski definition) is 1. The normalized spacial score (nSPS) is 16.5. The third-order valence-corrected chi connectivity index (χ3v) is 5.26. The minimum absolute atomic E-state index is 0.286. The maximum Gasteiger partial charge on any atom is 0.103 e. The fourth-order valence-electron chi connectivity index (χ4n) is 3.10. The number of thiophene rings is 1. The molecule has 5 nitrogen and oxygen atoms in total. The van der Waals surface area contributed by atoms with Gasteiger partial charge in [0.1, 0.15) is 6.07 Å². The Kier molecular flexibility index (Phi) is 5.46. The van der Waals surface area contributed by atoms with Gasteiger partial charge in [-0.2, -0.15) is 5.26 Å². The predicted molar refractivity (Wildman–Crippen MR) is 96.4 cm³/mol. The first-order valence-corrected chi connectivity index (χ1v) is 9.04. The van der Waals surface area contributed by atoms with Gasteiger partial charge < -0.3 is 10.1 Å². The molecule has 0 saturated carbocycles. The summed E-state index contributed by atoms with van der Waals surface area (Å²) in [6.07, 6.45) is 0. The largest absolute Gasteiger partial charge is 0.382 e. The summed E-state index contributed by atoms with van der Waals surface area (Å²) in [5.41, 5.74) is 3.21. The third kappa shape index (κ3) is 3.75. The number of nitrogens with one attached hydrogen (secondary N) is 1. The molecule has 0 radical (unpaired) electrons. The van der Waals surface area contributed by atoms with E-state index >= 15 is 0 Å². The van der Waals surface area contributed by atoms with Gasteiger partial charge in [-0.15, -0.1) is 11.3 Å². The second kappa shape index (κ2) is 7.75. The van der Waals surface area contributed by atoms with E-state index in [2.05, 4.69) is 38.8 Å². The van der Waals surface area contributed by atoms with E-state index in [1.807, 2.05) is 19.9 Å². The van der Waals surface area contributed by atoms with Crippen LogP contribution in [0.5, 0.6) is 0 Å². The van der Waals surface area contributed by atoms with Crippen LogP contribution in [0.15, 0.2) is 23.6 Å². The first-order valence-electron chi connectivity index (χ1n) is 8.16. The Bertz CT molecular complexity index is 717. The van der Waals surface area contributed by atoms with Crippen molar-refractivity contribution in [3.63, 3.8) is 0 Å². The van der Waals surface area contributed by atoms with Crippen molar-refractivity contribution < 1.29 is 4.74 Å². The molecule has 1 N–H and O–H groups in total. The van der Waals surface area contributed by atoms with Crippen LogP contribution in [-0.4, -0.2) is 42.7 Å². The van der Waals surface area contributed by atoms with Crippen LogP contribution in [0, 0.1) is 25.2 Å². The van der Waals surface area contributed by atoms with Crippen molar-refractivity contribution in [2.75, 3.05) is 38.2 Å². The summed E-state index contributed by atoms with van der Waals surface area (Å²) in [5.74, 6) is 0. The Morgan fingerprint density at radius 1 is 1.42 bits per heavy atom. The first-order chi connectivity index (χ1) is 11.7. The summed E-state index contributed by atoms with van der Waals surface area (Å²) < 4.78 is 5.49. The summed E-state index contributed by atoms with van der Waals surface area (Å²) in [6, 6.07) is 8.79. The van der Waals surface area contributed by atoms with E-state index in [1.54, 1.807) is 11.3 Å². The third-order valence-electron chi connectivity index (χ3n) is 4.28. The van der Waals surface area contributed by atoms with Gasteiger partial charge in [-0.3, -0.25) is 9.88 Å². The Balaban J connectivity index is 1.80. The quantitative estimate of drug-likeness (QED) is 0.904. The molecule has 2 aromatic rings. The topological polar surface area (TPSA) is 61.2 Å². The molecule has 1 aliphatic heterocycles. The fraction of sp³-hybridized carbons (Fsp3) is 0.444. The van der Waals surface area contributed by atoms with Crippen LogP contribution < -0.4 is 5.32 Å². The van der Waals surface area contributed by atoms with Gasteiger partial charge in [-0.1, -0.05) is 6.07 Å². The maximum atomic E-state index is 9.43. The molecule has 1 unspecified atom stereocenters. The van der Waals surface area contributed by atoms with Gasteiger partial charge in [0.15, 0.2) is 0 Å². The SMILES string of the molecule is Cc1cc(NCC(c2cccs2)N2CCOCC2)c(C#N)c(C)n1. The molecule has 1 fully saturated rings. The lowest BCUT2D eigenvalue weighted by Crippen LogP contribution is -2.41. The average Bonchev–Trinajstić information content (AvgIpc) is 3.10. The minimum atomic E-state index is 0.286. The molecular formula is C18H22N4OS. The molecule has 0 aliphatic carbocycles. The maximum absolute atomic E-state index is 9.43. The molecule has 6 heteroatoms. The van der Waals surface area contributed by atoms with Crippen molar-refractivity contribution in [3.8, 4) is 6.07 Å². The number of hydrogen-bond acceptors (Lipinski definition) is 6. The van der Waals surface area contributed by atoms with Crippen molar-refractivity contribution in [2.45, 2.75) is 19.9 Å². The number of aromatic nitrogens is 1. The lowest BCUT2D eigenvalue weighted by Gasteiger charge is -2.34. The van der Waals surface area contributed by atoms with Crippen LogP contribution in [0.3, 0.4) is 0 Å². The monoisotopic (exact) mass is 342 g/mol. The van der Waals surface area contributed by atoms with Gasteiger partial charge in [-0.05, 0) is 31.4 Å². The van der Waals surface area contributed by atoms with Crippen LogP contribution in [0.4, 0.5) is 5.69 Å². The zero-order valence-electron chi connectivity index (χ0n) is 14.1. The zero-order valence-corrected chi connectivity index (χ0v) is 14.9. The molecule has 1 atom stereocenters. The Morgan fingerprint density at radius 3 is 2.88 bits per heavy atom. The van der Waals surface area contributed by atoms with Crippen LogP contribution in [-0.2, 0) is 4.74 Å². The molecule has 0 spiro atoms. The number of nitrogens with zero attached hydrogens (tertiary/aromatic N) is 3. The molecule has 24 heavy (non-hydrogen) atoms. The second-order valence-corrected chi connectivity index (χ2v) is 6.92. The fourth-order valence-corrected chi connectivity index (χ4v) is 3.96. The van der Waals surface area contributed by atoms with E-state index < -0.39 is 0 Å². The molecule has 3 rings (SSSR count). The summed E-state index contributed by atoms with van der Waals surface area (Å²) in [4.78, 5) is 8.18. The average molecular weight is 342 g/mol. The smallest absolute Gasteiger partial charge is 0.103 e. The number of rotatable bonds is 5. The lowest BCUT2D eigenvalue weighted by atomic mass is 10.1. The molecule has 3 heterocycles. The van der Waals surface area contributed by atoms with Gasteiger partial charge >= 0.3 is 0 Å². The molecule has 0 amide bonds. The molecule has 126 valence electrons. The number of morpholine rings is 1. The summed E-state index contributed by atoms with van der Waals surface area (Å²) in [6.45, 7) is 8.02. The summed E-state index contributed by atoms with van der Waals surface area (Å²) in [7, 11) is 0. The van der Waals surface area contributed by atoms with E-state index in [9.17, 15) is 5.26 Å². The highest BCUT2D eigenvalue weighted by atomic mass is 32.1. The standard InChI is InChI=1S/C18H22N4OS/c1-13-10-16(15(11-19)14(2)21-13)20-12-17(18-4-3-9-24-18)22-5-7-23-8-6-22/h3-4,9-10,17H,5-8,12H2,1-2H3,(H,20,21). The van der Waals surface area contributed by atoms with Crippen LogP contribution in [0.1, 0.15) is 27.9 Å². The first kappa shape index (κ1) is 16.9. The number of ether oxygens (including phenoxy) is 1. The summed E-state index contributed by atoms with van der Waals surface area (Å²) >= 11 is 1.78. The van der Waals surface area contributed by atoms with Gasteiger partial charge in [-0.25, -0.2) is 0 Å². The van der Waals surface area contributed by atoms with Crippen LogP contribution >= 0.6 is 11.3 Å². The van der Waals surface area contributed by atoms with E-state index in [4.69, 9.17) is 4.74 Å². The van der Waals surface area contributed by atoms with Gasteiger partial charge in [0.2, 0.25) is 0 Å². The number of aryl methyl sites for hydroxylation is 2. The van der Waals surface area contributed by atoms with Crippen molar-refractivity contribution in [2.24, 2.45) is 0 Å². The Morgan fingerprint density at radius 2 is 2.21 bits per heavy atom. The lowest BCUT2D eigenvalue weighted by molar-refractivity contribution is 0.0194. The highest BCUT2D eigenvalue weighted by Crippen LogP contribution is 2.27. The molecular weight excluding hydrogens is 320 g/mol. The summed E-state index contributed by atoms with van der Waals surface area (Å²) in [5, 5.41) is 15.0. The van der Waals surface area contributed by atoms with Crippen molar-refractivity contribution >= 4 is 17.0 Å². The highest BCUT2D eigenvalue weighted by Gasteiger charge is 2.23. The molecule has 1 saturated heterocycles. The zero-order chi connectivity index (χ0) is 16.9. The van der Waals surface area contributed by atoms with Crippen molar-refractivity contribution in [1.29, 1.82) is 5.26 Å². The number of anilines is 1. The van der Waals surface area contributed by atoms with E-state index in [0.717, 1.165) is 49.9 Å². The molecule has 0 bridgehead atoms. The molecule has 1 aliphatic rings.